The molecule has 106 valence electrons. The van der Waals surface area contributed by atoms with E-state index >= 15 is 0 Å². The summed E-state index contributed by atoms with van der Waals surface area (Å²) in [7, 11) is 0. The van der Waals surface area contributed by atoms with Crippen molar-refractivity contribution >= 4 is 23.0 Å². The van der Waals surface area contributed by atoms with Gasteiger partial charge in [0, 0.05) is 43.3 Å². The summed E-state index contributed by atoms with van der Waals surface area (Å²) in [4.78, 5) is 23.6. The maximum absolute atomic E-state index is 12.4. The van der Waals surface area contributed by atoms with Crippen molar-refractivity contribution < 1.29 is 4.79 Å². The average molecular weight is 298 g/mol. The van der Waals surface area contributed by atoms with E-state index in [1.165, 1.54) is 17.0 Å². The van der Waals surface area contributed by atoms with E-state index in [4.69, 9.17) is 0 Å². The molecule has 0 N–H and O–H groups in total. The van der Waals surface area contributed by atoms with Gasteiger partial charge in [-0.05, 0) is 23.9 Å². The van der Waals surface area contributed by atoms with Crippen molar-refractivity contribution in [2.75, 3.05) is 13.1 Å². The van der Waals surface area contributed by atoms with Crippen LogP contribution in [0.2, 0.25) is 0 Å². The first-order valence-electron chi connectivity index (χ1n) is 6.93. The Hall–Kier alpha value is -2.21. The summed E-state index contributed by atoms with van der Waals surface area (Å²) in [5.41, 5.74) is 1.18. The molecule has 0 spiro atoms. The van der Waals surface area contributed by atoms with Crippen molar-refractivity contribution in [2.24, 2.45) is 0 Å². The van der Waals surface area contributed by atoms with E-state index < -0.39 is 0 Å². The molecule has 0 saturated carbocycles. The molecule has 1 aliphatic rings. The fourth-order valence-electron chi connectivity index (χ4n) is 2.93. The Morgan fingerprint density at radius 3 is 3.05 bits per heavy atom. The third-order valence-corrected chi connectivity index (χ3v) is 4.82. The number of likely N-dealkylation sites (tertiary alicyclic amines) is 1. The molecule has 0 aliphatic carbocycles. The SMILES string of the molecule is O=C(c1cccs1)N1CCC(c2ccnc3nccn23)C1. The molecule has 3 aromatic heterocycles. The highest BCUT2D eigenvalue weighted by Gasteiger charge is 2.29. The maximum Gasteiger partial charge on any atom is 0.263 e. The van der Waals surface area contributed by atoms with Gasteiger partial charge in [-0.3, -0.25) is 9.20 Å². The van der Waals surface area contributed by atoms with Crippen LogP contribution >= 0.6 is 11.3 Å². The zero-order valence-corrected chi connectivity index (χ0v) is 12.2. The molecule has 1 atom stereocenters. The smallest absolute Gasteiger partial charge is 0.263 e. The standard InChI is InChI=1S/C15H14N4OS/c20-14(13-2-1-9-21-13)18-7-4-11(10-18)12-3-5-16-15-17-6-8-19(12)15/h1-3,5-6,8-9,11H,4,7,10H2. The van der Waals surface area contributed by atoms with Gasteiger partial charge in [0.25, 0.3) is 5.91 Å². The molecule has 0 aromatic carbocycles. The summed E-state index contributed by atoms with van der Waals surface area (Å²) in [6, 6.07) is 5.84. The van der Waals surface area contributed by atoms with Crippen LogP contribution in [0.25, 0.3) is 5.78 Å². The maximum atomic E-state index is 12.4. The second-order valence-corrected chi connectivity index (χ2v) is 6.13. The van der Waals surface area contributed by atoms with Crippen molar-refractivity contribution in [1.82, 2.24) is 19.3 Å². The third kappa shape index (κ3) is 2.12. The summed E-state index contributed by atoms with van der Waals surface area (Å²) < 4.78 is 2.02. The number of aromatic nitrogens is 3. The fraction of sp³-hybridized carbons (Fsp3) is 0.267. The van der Waals surface area contributed by atoms with Gasteiger partial charge < -0.3 is 4.90 Å². The number of carbonyl (C=O) groups excluding carboxylic acids is 1. The van der Waals surface area contributed by atoms with E-state index in [1.54, 1.807) is 12.4 Å². The van der Waals surface area contributed by atoms with Gasteiger partial charge in [-0.15, -0.1) is 11.3 Å². The van der Waals surface area contributed by atoms with Gasteiger partial charge in [-0.1, -0.05) is 6.07 Å². The van der Waals surface area contributed by atoms with Gasteiger partial charge in [0.15, 0.2) is 0 Å². The molecule has 4 rings (SSSR count). The molecule has 6 heteroatoms. The summed E-state index contributed by atoms with van der Waals surface area (Å²) >= 11 is 1.50. The lowest BCUT2D eigenvalue weighted by atomic mass is 10.0. The van der Waals surface area contributed by atoms with Crippen LogP contribution in [0, 0.1) is 0 Å². The first-order chi connectivity index (χ1) is 10.3. The topological polar surface area (TPSA) is 50.5 Å². The van der Waals surface area contributed by atoms with Gasteiger partial charge in [-0.2, -0.15) is 0 Å². The number of hydrogen-bond donors (Lipinski definition) is 0. The molecular formula is C15H14N4OS. The highest BCUT2D eigenvalue weighted by molar-refractivity contribution is 7.12. The number of carbonyl (C=O) groups is 1. The van der Waals surface area contributed by atoms with E-state index in [2.05, 4.69) is 9.97 Å². The van der Waals surface area contributed by atoms with Gasteiger partial charge in [0.1, 0.15) is 0 Å². The van der Waals surface area contributed by atoms with Crippen molar-refractivity contribution in [3.05, 3.63) is 52.7 Å². The zero-order valence-electron chi connectivity index (χ0n) is 11.3. The van der Waals surface area contributed by atoms with Crippen LogP contribution in [-0.2, 0) is 0 Å². The van der Waals surface area contributed by atoms with Crippen LogP contribution in [0.15, 0.2) is 42.2 Å². The molecule has 1 amide bonds. The number of amides is 1. The van der Waals surface area contributed by atoms with E-state index in [-0.39, 0.29) is 5.91 Å². The molecule has 1 unspecified atom stereocenters. The second-order valence-electron chi connectivity index (χ2n) is 5.18. The number of hydrogen-bond acceptors (Lipinski definition) is 4. The Bertz CT molecular complexity index is 780. The van der Waals surface area contributed by atoms with Crippen LogP contribution in [0.4, 0.5) is 0 Å². The molecule has 3 aromatic rings. The Kier molecular flexibility index (Phi) is 2.96. The Morgan fingerprint density at radius 2 is 2.19 bits per heavy atom. The van der Waals surface area contributed by atoms with Crippen molar-refractivity contribution in [3.63, 3.8) is 0 Å². The number of nitrogens with zero attached hydrogens (tertiary/aromatic N) is 4. The van der Waals surface area contributed by atoms with Crippen LogP contribution in [0.3, 0.4) is 0 Å². The number of imidazole rings is 1. The summed E-state index contributed by atoms with van der Waals surface area (Å²) in [6.45, 7) is 1.56. The van der Waals surface area contributed by atoms with Gasteiger partial charge >= 0.3 is 0 Å². The van der Waals surface area contributed by atoms with Crippen LogP contribution in [0.5, 0.6) is 0 Å². The predicted octanol–water partition coefficient (Wildman–Crippen LogP) is 2.42. The molecule has 1 saturated heterocycles. The first-order valence-corrected chi connectivity index (χ1v) is 7.81. The van der Waals surface area contributed by atoms with Crippen molar-refractivity contribution in [2.45, 2.75) is 12.3 Å². The third-order valence-electron chi connectivity index (χ3n) is 3.96. The molecule has 1 aliphatic heterocycles. The number of thiophene rings is 1. The van der Waals surface area contributed by atoms with Gasteiger partial charge in [0.05, 0.1) is 4.88 Å². The highest BCUT2D eigenvalue weighted by atomic mass is 32.1. The molecule has 0 bridgehead atoms. The molecule has 21 heavy (non-hydrogen) atoms. The molecule has 0 radical (unpaired) electrons. The van der Waals surface area contributed by atoms with Crippen LogP contribution < -0.4 is 0 Å². The molecule has 1 fully saturated rings. The minimum atomic E-state index is 0.142. The van der Waals surface area contributed by atoms with E-state index in [0.29, 0.717) is 5.92 Å². The predicted molar refractivity (Wildman–Crippen MR) is 80.6 cm³/mol. The second kappa shape index (κ2) is 4.96. The highest BCUT2D eigenvalue weighted by Crippen LogP contribution is 2.28. The Balaban J connectivity index is 1.59. The summed E-state index contributed by atoms with van der Waals surface area (Å²) in [6.07, 6.45) is 6.46. The quantitative estimate of drug-likeness (QED) is 0.730. The fourth-order valence-corrected chi connectivity index (χ4v) is 3.62. The lowest BCUT2D eigenvalue weighted by Gasteiger charge is -2.16. The van der Waals surface area contributed by atoms with Crippen molar-refractivity contribution in [1.29, 1.82) is 0 Å². The van der Waals surface area contributed by atoms with Crippen LogP contribution in [-0.4, -0.2) is 38.3 Å². The lowest BCUT2D eigenvalue weighted by molar-refractivity contribution is 0.0795. The van der Waals surface area contributed by atoms with Gasteiger partial charge in [-0.25, -0.2) is 9.97 Å². The zero-order chi connectivity index (χ0) is 14.2. The van der Waals surface area contributed by atoms with E-state index in [0.717, 1.165) is 30.2 Å². The normalized spacial score (nSPS) is 18.5. The molecule has 5 nitrogen and oxygen atoms in total. The van der Waals surface area contributed by atoms with Crippen molar-refractivity contribution in [3.8, 4) is 0 Å². The number of rotatable bonds is 2. The minimum Gasteiger partial charge on any atom is -0.337 e. The summed E-state index contributed by atoms with van der Waals surface area (Å²) in [5.74, 6) is 1.20. The Morgan fingerprint density at radius 1 is 1.29 bits per heavy atom. The number of fused-ring (bicyclic) bond motifs is 1. The van der Waals surface area contributed by atoms with E-state index in [9.17, 15) is 4.79 Å². The average Bonchev–Trinajstić information content (AvgIpc) is 3.25. The van der Waals surface area contributed by atoms with E-state index in [1.807, 2.05) is 39.1 Å². The Labute approximate surface area is 125 Å². The van der Waals surface area contributed by atoms with Gasteiger partial charge in [0.2, 0.25) is 5.78 Å². The molecular weight excluding hydrogens is 284 g/mol. The first kappa shape index (κ1) is 12.5. The van der Waals surface area contributed by atoms with Crippen LogP contribution in [0.1, 0.15) is 27.7 Å². The molecule has 4 heterocycles. The lowest BCUT2D eigenvalue weighted by Crippen LogP contribution is -2.27. The summed E-state index contributed by atoms with van der Waals surface area (Å²) in [5, 5.41) is 1.94. The largest absolute Gasteiger partial charge is 0.337 e. The minimum absolute atomic E-state index is 0.142. The monoisotopic (exact) mass is 298 g/mol.